The summed E-state index contributed by atoms with van der Waals surface area (Å²) in [6.07, 6.45) is 6.07. The summed E-state index contributed by atoms with van der Waals surface area (Å²) in [5, 5.41) is 10.4. The molecular weight excluding hydrogens is 336 g/mol. The van der Waals surface area contributed by atoms with E-state index in [1.807, 2.05) is 29.3 Å². The molecule has 2 aromatic heterocycles. The van der Waals surface area contributed by atoms with Gasteiger partial charge < -0.3 is 11.1 Å². The van der Waals surface area contributed by atoms with Crippen LogP contribution in [0.4, 0.5) is 0 Å². The average Bonchev–Trinajstić information content (AvgIpc) is 3.01. The minimum absolute atomic E-state index is 0.310. The number of rotatable bonds is 4. The van der Waals surface area contributed by atoms with Crippen LogP contribution in [0.5, 0.6) is 0 Å². The van der Waals surface area contributed by atoms with Crippen LogP contribution in [0.1, 0.15) is 23.3 Å². The van der Waals surface area contributed by atoms with Crippen LogP contribution in [0.15, 0.2) is 23.5 Å². The van der Waals surface area contributed by atoms with Gasteiger partial charge in [-0.25, -0.2) is 9.97 Å². The zero-order valence-electron chi connectivity index (χ0n) is 14.0. The Morgan fingerprint density at radius 3 is 3.08 bits per heavy atom. The lowest BCUT2D eigenvalue weighted by molar-refractivity contribution is 0.0996. The maximum atomic E-state index is 11.9. The van der Waals surface area contributed by atoms with Crippen LogP contribution in [0, 0.1) is 5.92 Å². The van der Waals surface area contributed by atoms with Crippen molar-refractivity contribution in [3.8, 4) is 0 Å². The molecule has 1 fully saturated rings. The molecule has 0 radical (unpaired) electrons. The fourth-order valence-corrected chi connectivity index (χ4v) is 3.82. The van der Waals surface area contributed by atoms with Crippen molar-refractivity contribution in [1.29, 1.82) is 0 Å². The van der Waals surface area contributed by atoms with Gasteiger partial charge in [0, 0.05) is 23.5 Å². The monoisotopic (exact) mass is 356 g/mol. The highest BCUT2D eigenvalue weighted by Crippen LogP contribution is 2.28. The molecular formula is C17H20N6OS. The Morgan fingerprint density at radius 2 is 2.36 bits per heavy atom. The summed E-state index contributed by atoms with van der Waals surface area (Å²) >= 11 is 1.49. The summed E-state index contributed by atoms with van der Waals surface area (Å²) in [7, 11) is 0. The van der Waals surface area contributed by atoms with Crippen LogP contribution >= 0.6 is 11.8 Å². The summed E-state index contributed by atoms with van der Waals surface area (Å²) in [4.78, 5) is 20.9. The van der Waals surface area contributed by atoms with E-state index >= 15 is 0 Å². The normalized spacial score (nSPS) is 18.0. The molecule has 0 aliphatic carbocycles. The predicted molar refractivity (Wildman–Crippen MR) is 98.7 cm³/mol. The molecule has 8 heteroatoms. The number of thioether (sulfide) groups is 1. The number of nitrogens with zero attached hydrogens (tertiary/aromatic N) is 4. The number of hydrogen-bond acceptors (Lipinski definition) is 6. The molecule has 3 N–H and O–H groups in total. The molecule has 3 heterocycles. The standard InChI is InChI=1S/C17H20N6OS/c1-25-17-20-8-11-4-5-12-14(16(18)24)22-23(15(12)13(11)21-17)9-10-3-2-6-19-7-10/h4-5,8,10,19H,2-3,6-7,9H2,1H3,(H2,18,24). The number of amides is 1. The SMILES string of the molecule is CSc1ncc2ccc3c(C(N)=O)nn(CC4CCCNC4)c3c2n1. The highest BCUT2D eigenvalue weighted by molar-refractivity contribution is 7.98. The predicted octanol–water partition coefficient (Wildman–Crippen LogP) is 1.80. The van der Waals surface area contributed by atoms with Crippen LogP contribution in [-0.4, -0.2) is 45.0 Å². The first-order valence-electron chi connectivity index (χ1n) is 8.38. The first-order chi connectivity index (χ1) is 12.2. The number of hydrogen-bond donors (Lipinski definition) is 2. The minimum Gasteiger partial charge on any atom is -0.364 e. The van der Waals surface area contributed by atoms with Gasteiger partial charge >= 0.3 is 0 Å². The number of fused-ring (bicyclic) bond motifs is 3. The van der Waals surface area contributed by atoms with E-state index in [4.69, 9.17) is 5.73 Å². The van der Waals surface area contributed by atoms with Crippen molar-refractivity contribution >= 4 is 39.5 Å². The number of benzene rings is 1. The van der Waals surface area contributed by atoms with Crippen LogP contribution in [-0.2, 0) is 6.54 Å². The molecule has 1 aliphatic rings. The molecule has 1 aliphatic heterocycles. The Balaban J connectivity index is 1.92. The number of primary amides is 1. The lowest BCUT2D eigenvalue weighted by Gasteiger charge is -2.22. The van der Waals surface area contributed by atoms with Gasteiger partial charge in [0.1, 0.15) is 5.52 Å². The van der Waals surface area contributed by atoms with Crippen LogP contribution in [0.25, 0.3) is 21.8 Å². The molecule has 25 heavy (non-hydrogen) atoms. The first kappa shape index (κ1) is 16.3. The smallest absolute Gasteiger partial charge is 0.269 e. The molecule has 130 valence electrons. The summed E-state index contributed by atoms with van der Waals surface area (Å²) in [5.41, 5.74) is 7.56. The maximum absolute atomic E-state index is 11.9. The fraction of sp³-hybridized carbons (Fsp3) is 0.412. The Hall–Kier alpha value is -2.19. The summed E-state index contributed by atoms with van der Waals surface area (Å²) < 4.78 is 1.91. The third kappa shape index (κ3) is 2.96. The Kier molecular flexibility index (Phi) is 4.30. The van der Waals surface area contributed by atoms with Crippen molar-refractivity contribution in [2.75, 3.05) is 19.3 Å². The third-order valence-corrected chi connectivity index (χ3v) is 5.25. The molecule has 0 spiro atoms. The number of piperidine rings is 1. The van der Waals surface area contributed by atoms with Gasteiger partial charge in [0.15, 0.2) is 10.9 Å². The zero-order valence-corrected chi connectivity index (χ0v) is 14.8. The van der Waals surface area contributed by atoms with Gasteiger partial charge in [-0.3, -0.25) is 9.48 Å². The molecule has 0 saturated carbocycles. The lowest BCUT2D eigenvalue weighted by Crippen LogP contribution is -2.32. The van der Waals surface area contributed by atoms with Gasteiger partial charge in [-0.1, -0.05) is 17.8 Å². The second kappa shape index (κ2) is 6.61. The topological polar surface area (TPSA) is 98.7 Å². The molecule has 1 amide bonds. The van der Waals surface area contributed by atoms with E-state index in [1.165, 1.54) is 11.8 Å². The van der Waals surface area contributed by atoms with Crippen molar-refractivity contribution < 1.29 is 4.79 Å². The summed E-state index contributed by atoms with van der Waals surface area (Å²) in [6, 6.07) is 3.81. The van der Waals surface area contributed by atoms with Gasteiger partial charge in [0.2, 0.25) is 0 Å². The number of carbonyl (C=O) groups is 1. The lowest BCUT2D eigenvalue weighted by atomic mass is 10.00. The van der Waals surface area contributed by atoms with E-state index in [0.717, 1.165) is 54.3 Å². The number of carbonyl (C=O) groups excluding carboxylic acids is 1. The van der Waals surface area contributed by atoms with Crippen molar-refractivity contribution in [1.82, 2.24) is 25.1 Å². The maximum Gasteiger partial charge on any atom is 0.269 e. The van der Waals surface area contributed by atoms with Gasteiger partial charge in [0.05, 0.1) is 5.52 Å². The molecule has 1 unspecified atom stereocenters. The Morgan fingerprint density at radius 1 is 1.48 bits per heavy atom. The van der Waals surface area contributed by atoms with Gasteiger partial charge in [-0.2, -0.15) is 5.10 Å². The van der Waals surface area contributed by atoms with Gasteiger partial charge in [-0.15, -0.1) is 0 Å². The molecule has 1 saturated heterocycles. The number of nitrogens with one attached hydrogen (secondary N) is 1. The Bertz CT molecular complexity index is 947. The second-order valence-corrected chi connectivity index (χ2v) is 7.14. The van der Waals surface area contributed by atoms with E-state index in [0.29, 0.717) is 16.8 Å². The number of nitrogens with two attached hydrogens (primary N) is 1. The van der Waals surface area contributed by atoms with Gasteiger partial charge in [0.25, 0.3) is 5.91 Å². The molecule has 1 atom stereocenters. The van der Waals surface area contributed by atoms with Crippen molar-refractivity contribution in [3.63, 3.8) is 0 Å². The van der Waals surface area contributed by atoms with Crippen LogP contribution in [0.3, 0.4) is 0 Å². The van der Waals surface area contributed by atoms with Crippen molar-refractivity contribution in [3.05, 3.63) is 24.0 Å². The van der Waals surface area contributed by atoms with Crippen LogP contribution in [0.2, 0.25) is 0 Å². The number of aromatic nitrogens is 4. The molecule has 4 rings (SSSR count). The minimum atomic E-state index is -0.510. The van der Waals surface area contributed by atoms with E-state index in [2.05, 4.69) is 20.4 Å². The molecule has 0 bridgehead atoms. The molecule has 3 aromatic rings. The van der Waals surface area contributed by atoms with E-state index in [9.17, 15) is 4.79 Å². The molecule has 1 aromatic carbocycles. The van der Waals surface area contributed by atoms with E-state index in [-0.39, 0.29) is 0 Å². The van der Waals surface area contributed by atoms with Crippen LogP contribution < -0.4 is 11.1 Å². The zero-order chi connectivity index (χ0) is 17.4. The van der Waals surface area contributed by atoms with Crippen molar-refractivity contribution in [2.24, 2.45) is 11.7 Å². The van der Waals surface area contributed by atoms with E-state index in [1.54, 1.807) is 0 Å². The highest BCUT2D eigenvalue weighted by atomic mass is 32.2. The highest BCUT2D eigenvalue weighted by Gasteiger charge is 2.21. The van der Waals surface area contributed by atoms with E-state index < -0.39 is 5.91 Å². The van der Waals surface area contributed by atoms with Crippen molar-refractivity contribution in [2.45, 2.75) is 24.5 Å². The Labute approximate surface area is 149 Å². The largest absolute Gasteiger partial charge is 0.364 e. The average molecular weight is 356 g/mol. The third-order valence-electron chi connectivity index (χ3n) is 4.68. The quantitative estimate of drug-likeness (QED) is 0.546. The van der Waals surface area contributed by atoms with Gasteiger partial charge in [-0.05, 0) is 44.2 Å². The summed E-state index contributed by atoms with van der Waals surface area (Å²) in [6.45, 7) is 2.77. The molecule has 7 nitrogen and oxygen atoms in total. The second-order valence-electron chi connectivity index (χ2n) is 6.36. The first-order valence-corrected chi connectivity index (χ1v) is 9.60. The summed E-state index contributed by atoms with van der Waals surface area (Å²) in [5.74, 6) is -0.0290. The fourth-order valence-electron chi connectivity index (χ4n) is 3.48.